The molecule has 2 aromatic heterocycles. The zero-order chi connectivity index (χ0) is 29.4. The summed E-state index contributed by atoms with van der Waals surface area (Å²) in [7, 11) is 3.04. The molecule has 0 saturated carbocycles. The number of aromatic nitrogens is 2. The summed E-state index contributed by atoms with van der Waals surface area (Å²) < 4.78 is 15.3. The van der Waals surface area contributed by atoms with Crippen LogP contribution in [0.4, 0.5) is 0 Å². The minimum Gasteiger partial charge on any atom is -0.503 e. The molecule has 1 fully saturated rings. The Hall–Kier alpha value is -3.71. The van der Waals surface area contributed by atoms with E-state index < -0.39 is 12.0 Å². The van der Waals surface area contributed by atoms with E-state index in [9.17, 15) is 24.3 Å². The first-order chi connectivity index (χ1) is 18.5. The zero-order valence-electron chi connectivity index (χ0n) is 22.5. The summed E-state index contributed by atoms with van der Waals surface area (Å²) in [5.41, 5.74) is -0.00986. The third kappa shape index (κ3) is 12.1. The quantitative estimate of drug-likeness (QED) is 0.254. The Bertz CT molecular complexity index is 1070. The van der Waals surface area contributed by atoms with E-state index in [1.54, 1.807) is 34.0 Å². The van der Waals surface area contributed by atoms with Crippen molar-refractivity contribution in [2.45, 2.75) is 44.4 Å². The smallest absolute Gasteiger partial charge is 0.326 e. The number of aromatic hydroxyl groups is 1. The van der Waals surface area contributed by atoms with Crippen LogP contribution < -0.4 is 10.1 Å². The van der Waals surface area contributed by atoms with Crippen LogP contribution in [0.25, 0.3) is 0 Å². The van der Waals surface area contributed by atoms with Gasteiger partial charge in [-0.25, -0.2) is 9.97 Å². The normalized spacial score (nSPS) is 18.9. The summed E-state index contributed by atoms with van der Waals surface area (Å²) in [6, 6.07) is 6.50. The van der Waals surface area contributed by atoms with Crippen molar-refractivity contribution < 1.29 is 43.6 Å². The molecule has 13 heteroatoms. The number of hydrogen-bond acceptors (Lipinski definition) is 12. The predicted octanol–water partition coefficient (Wildman–Crippen LogP) is 2.59. The Morgan fingerprint density at radius 3 is 2.46 bits per heavy atom. The Morgan fingerprint density at radius 2 is 1.92 bits per heavy atom. The van der Waals surface area contributed by atoms with E-state index in [4.69, 9.17) is 19.3 Å². The van der Waals surface area contributed by atoms with Gasteiger partial charge < -0.3 is 29.7 Å². The number of nitrogens with one attached hydrogen (secondary N) is 1. The lowest BCUT2D eigenvalue weighted by atomic mass is 10.0. The average molecular weight is 566 g/mol. The van der Waals surface area contributed by atoms with Gasteiger partial charge >= 0.3 is 17.9 Å². The largest absolute Gasteiger partial charge is 0.503 e. The SMILES string of the molecule is CC(C)C(=O)O.CN[C@H]1COC(=O)C(CSc2ccccn2)CC(C)OC1=O.COc1ccnc(C=O)c1O. The zero-order valence-corrected chi connectivity index (χ0v) is 23.3. The molecule has 0 bridgehead atoms. The highest BCUT2D eigenvalue weighted by Gasteiger charge is 2.30. The molecule has 1 saturated heterocycles. The van der Waals surface area contributed by atoms with Crippen molar-refractivity contribution in [1.82, 2.24) is 15.3 Å². The molecule has 39 heavy (non-hydrogen) atoms. The second-order valence-electron chi connectivity index (χ2n) is 8.49. The number of hydrogen-bond donors (Lipinski definition) is 3. The number of likely N-dealkylation sites (N-methyl/N-ethyl adjacent to an activating group) is 1. The average Bonchev–Trinajstić information content (AvgIpc) is 2.96. The number of aldehydes is 1. The van der Waals surface area contributed by atoms with Crippen LogP contribution in [0.3, 0.4) is 0 Å². The molecule has 0 spiro atoms. The summed E-state index contributed by atoms with van der Waals surface area (Å²) in [5.74, 6) is -1.41. The second kappa shape index (κ2) is 17.7. The summed E-state index contributed by atoms with van der Waals surface area (Å²) in [4.78, 5) is 51.8. The van der Waals surface area contributed by atoms with Gasteiger partial charge in [0, 0.05) is 24.2 Å². The third-order valence-corrected chi connectivity index (χ3v) is 6.21. The molecule has 2 unspecified atom stereocenters. The van der Waals surface area contributed by atoms with Gasteiger partial charge in [-0.05, 0) is 32.5 Å². The topological polar surface area (TPSA) is 174 Å². The Labute approximate surface area is 231 Å². The number of esters is 2. The number of nitrogens with zero attached hydrogens (tertiary/aromatic N) is 2. The van der Waals surface area contributed by atoms with Gasteiger partial charge in [-0.3, -0.25) is 19.2 Å². The van der Waals surface area contributed by atoms with E-state index in [1.165, 1.54) is 31.1 Å². The maximum atomic E-state index is 12.2. The molecule has 0 amide bonds. The first-order valence-corrected chi connectivity index (χ1v) is 13.0. The van der Waals surface area contributed by atoms with Crippen LogP contribution in [0.5, 0.6) is 11.5 Å². The van der Waals surface area contributed by atoms with Crippen LogP contribution in [-0.2, 0) is 23.9 Å². The molecule has 12 nitrogen and oxygen atoms in total. The fraction of sp³-hybridized carbons (Fsp3) is 0.462. The van der Waals surface area contributed by atoms with E-state index in [0.717, 1.165) is 5.03 Å². The number of carbonyl (C=O) groups excluding carboxylic acids is 3. The van der Waals surface area contributed by atoms with E-state index >= 15 is 0 Å². The molecular formula is C26H35N3O9S. The molecule has 2 aromatic rings. The van der Waals surface area contributed by atoms with E-state index in [1.807, 2.05) is 18.2 Å². The first kappa shape index (κ1) is 33.3. The van der Waals surface area contributed by atoms with E-state index in [-0.39, 0.29) is 53.7 Å². The lowest BCUT2D eigenvalue weighted by Crippen LogP contribution is -2.40. The molecule has 3 atom stereocenters. The van der Waals surface area contributed by atoms with Crippen molar-refractivity contribution in [1.29, 1.82) is 0 Å². The molecule has 1 aliphatic rings. The minimum atomic E-state index is -0.741. The van der Waals surface area contributed by atoms with Crippen LogP contribution in [0, 0.1) is 11.8 Å². The fourth-order valence-corrected chi connectivity index (χ4v) is 3.79. The maximum Gasteiger partial charge on any atom is 0.326 e. The predicted molar refractivity (Wildman–Crippen MR) is 143 cm³/mol. The highest BCUT2D eigenvalue weighted by Crippen LogP contribution is 2.26. The maximum absolute atomic E-state index is 12.2. The number of aliphatic carboxylic acids is 1. The van der Waals surface area contributed by atoms with Gasteiger partial charge in [0.15, 0.2) is 17.8 Å². The number of carbonyl (C=O) groups is 4. The lowest BCUT2D eigenvalue weighted by molar-refractivity contribution is -0.152. The number of thioether (sulfide) groups is 1. The van der Waals surface area contributed by atoms with Crippen molar-refractivity contribution in [2.24, 2.45) is 11.8 Å². The van der Waals surface area contributed by atoms with E-state index in [2.05, 4.69) is 15.3 Å². The molecule has 214 valence electrons. The van der Waals surface area contributed by atoms with E-state index in [0.29, 0.717) is 18.5 Å². The lowest BCUT2D eigenvalue weighted by Gasteiger charge is -2.17. The number of ether oxygens (including phenoxy) is 3. The van der Waals surface area contributed by atoms with Crippen molar-refractivity contribution in [3.8, 4) is 11.5 Å². The molecule has 0 radical (unpaired) electrons. The van der Waals surface area contributed by atoms with Gasteiger partial charge in [0.1, 0.15) is 18.3 Å². The highest BCUT2D eigenvalue weighted by atomic mass is 32.2. The van der Waals surface area contributed by atoms with Gasteiger partial charge in [-0.2, -0.15) is 0 Å². The fourth-order valence-electron chi connectivity index (χ4n) is 2.84. The number of methoxy groups -OCH3 is 1. The second-order valence-corrected chi connectivity index (χ2v) is 9.53. The van der Waals surface area contributed by atoms with Crippen molar-refractivity contribution in [2.75, 3.05) is 26.5 Å². The Morgan fingerprint density at radius 1 is 1.23 bits per heavy atom. The van der Waals surface area contributed by atoms with Crippen LogP contribution in [0.2, 0.25) is 0 Å². The summed E-state index contributed by atoms with van der Waals surface area (Å²) in [5, 5.41) is 20.8. The first-order valence-electron chi connectivity index (χ1n) is 12.0. The minimum absolute atomic E-state index is 0.00829. The Balaban J connectivity index is 0.000000370. The monoisotopic (exact) mass is 565 g/mol. The van der Waals surface area contributed by atoms with Gasteiger partial charge in [0.05, 0.1) is 30.1 Å². The molecule has 3 N–H and O–H groups in total. The highest BCUT2D eigenvalue weighted by molar-refractivity contribution is 7.99. The van der Waals surface area contributed by atoms with Gasteiger partial charge in [-0.15, -0.1) is 11.8 Å². The standard InChI is InChI=1S/C15H20N2O4S.C7H7NO3.C4H8O2/c1-10-7-11(9-22-13-5-3-4-6-17-13)14(18)20-8-12(16-2)15(19)21-10;1-11-6-2-3-8-5(4-9)7(6)10;1-3(2)4(5)6/h3-6,10-12,16H,7-9H2,1-2H3;2-4,10H,1H3;3H,1-2H3,(H,5,6)/t10?,11?,12-;;/m0../s1. The van der Waals surface area contributed by atoms with Crippen LogP contribution in [-0.4, -0.2) is 83.0 Å². The molecule has 0 aliphatic carbocycles. The van der Waals surface area contributed by atoms with Crippen LogP contribution >= 0.6 is 11.8 Å². The number of carboxylic acids is 1. The molecule has 3 rings (SSSR count). The number of rotatable bonds is 7. The molecule has 1 aliphatic heterocycles. The van der Waals surface area contributed by atoms with Crippen LogP contribution in [0.15, 0.2) is 41.7 Å². The molecule has 0 aromatic carbocycles. The summed E-state index contributed by atoms with van der Waals surface area (Å²) >= 11 is 1.49. The molecular weight excluding hydrogens is 530 g/mol. The Kier molecular flexibility index (Phi) is 15.2. The third-order valence-electron chi connectivity index (χ3n) is 5.10. The summed E-state index contributed by atoms with van der Waals surface area (Å²) in [6.45, 7) is 5.07. The van der Waals surface area contributed by atoms with Crippen molar-refractivity contribution in [3.05, 3.63) is 42.4 Å². The summed E-state index contributed by atoms with van der Waals surface area (Å²) in [6.07, 6.45) is 3.69. The number of carboxylic acid groups (broad SMARTS) is 1. The van der Waals surface area contributed by atoms with Crippen molar-refractivity contribution in [3.63, 3.8) is 0 Å². The van der Waals surface area contributed by atoms with Crippen LogP contribution in [0.1, 0.15) is 37.7 Å². The molecule has 3 heterocycles. The van der Waals surface area contributed by atoms with Crippen molar-refractivity contribution >= 4 is 36.0 Å². The number of cyclic esters (lactones) is 2. The number of pyridine rings is 2. The van der Waals surface area contributed by atoms with Gasteiger partial charge in [0.25, 0.3) is 0 Å². The van der Waals surface area contributed by atoms with Gasteiger partial charge in [-0.1, -0.05) is 19.9 Å². The van der Waals surface area contributed by atoms with Gasteiger partial charge in [0.2, 0.25) is 0 Å².